The Bertz CT molecular complexity index is 831. The predicted octanol–water partition coefficient (Wildman–Crippen LogP) is 1.86. The summed E-state index contributed by atoms with van der Waals surface area (Å²) in [5.41, 5.74) is 0.586. The first kappa shape index (κ1) is 16.6. The molecule has 130 valence electrons. The summed E-state index contributed by atoms with van der Waals surface area (Å²) in [7, 11) is 0. The van der Waals surface area contributed by atoms with Gasteiger partial charge in [0.05, 0.1) is 17.0 Å². The van der Waals surface area contributed by atoms with Crippen LogP contribution in [0, 0.1) is 10.1 Å². The summed E-state index contributed by atoms with van der Waals surface area (Å²) in [5, 5.41) is 24.0. The highest BCUT2D eigenvalue weighted by Gasteiger charge is 2.32. The second kappa shape index (κ2) is 6.71. The van der Waals surface area contributed by atoms with E-state index in [-0.39, 0.29) is 29.8 Å². The van der Waals surface area contributed by atoms with Gasteiger partial charge in [-0.15, -0.1) is 0 Å². The lowest BCUT2D eigenvalue weighted by atomic mass is 10.1. The fourth-order valence-electron chi connectivity index (χ4n) is 2.99. The number of aliphatic carboxylic acids is 1. The van der Waals surface area contributed by atoms with Crippen molar-refractivity contribution in [2.75, 3.05) is 6.54 Å². The lowest BCUT2D eigenvalue weighted by Crippen LogP contribution is -2.37. The van der Waals surface area contributed by atoms with E-state index in [1.54, 1.807) is 18.3 Å². The van der Waals surface area contributed by atoms with Crippen LogP contribution in [0.25, 0.3) is 5.69 Å². The standard InChI is InChI=1S/C16H16N4O5/c21-15(22)10-11-5-2-7-18(11)16(23)14-6-8-19(17-14)12-3-1-4-13(9-12)20(24)25/h1,3-4,6,8-9,11H,2,5,7,10H2,(H,21,22). The summed E-state index contributed by atoms with van der Waals surface area (Å²) >= 11 is 0. The number of aromatic nitrogens is 2. The zero-order chi connectivity index (χ0) is 18.0. The minimum absolute atomic E-state index is 0.0676. The first-order valence-electron chi connectivity index (χ1n) is 7.79. The van der Waals surface area contributed by atoms with Crippen LogP contribution in [0.15, 0.2) is 36.5 Å². The molecule has 0 radical (unpaired) electrons. The third kappa shape index (κ3) is 3.49. The number of hydrogen-bond acceptors (Lipinski definition) is 5. The topological polar surface area (TPSA) is 119 Å². The molecule has 1 saturated heterocycles. The van der Waals surface area contributed by atoms with Crippen molar-refractivity contribution in [2.24, 2.45) is 0 Å². The van der Waals surface area contributed by atoms with Crippen LogP contribution in [0.4, 0.5) is 5.69 Å². The maximum atomic E-state index is 12.6. The van der Waals surface area contributed by atoms with Crippen LogP contribution in [-0.2, 0) is 4.79 Å². The number of hydrogen-bond donors (Lipinski definition) is 1. The van der Waals surface area contributed by atoms with E-state index >= 15 is 0 Å². The fourth-order valence-corrected chi connectivity index (χ4v) is 2.99. The van der Waals surface area contributed by atoms with Crippen molar-refractivity contribution in [1.82, 2.24) is 14.7 Å². The Kier molecular flexibility index (Phi) is 4.46. The van der Waals surface area contributed by atoms with Gasteiger partial charge in [-0.1, -0.05) is 6.07 Å². The number of carboxylic acids is 1. The molecule has 1 amide bonds. The summed E-state index contributed by atoms with van der Waals surface area (Å²) in [6.07, 6.45) is 2.88. The van der Waals surface area contributed by atoms with Gasteiger partial charge in [-0.3, -0.25) is 19.7 Å². The molecule has 0 aliphatic carbocycles. The number of nitro benzene ring substituents is 1. The Labute approximate surface area is 142 Å². The van der Waals surface area contributed by atoms with Crippen molar-refractivity contribution in [3.05, 3.63) is 52.3 Å². The van der Waals surface area contributed by atoms with E-state index in [1.807, 2.05) is 0 Å². The van der Waals surface area contributed by atoms with E-state index in [0.29, 0.717) is 18.7 Å². The molecule has 1 unspecified atom stereocenters. The van der Waals surface area contributed by atoms with E-state index in [2.05, 4.69) is 5.10 Å². The summed E-state index contributed by atoms with van der Waals surface area (Å²) in [4.78, 5) is 35.4. The molecule has 9 heteroatoms. The van der Waals surface area contributed by atoms with Gasteiger partial charge in [-0.25, -0.2) is 4.68 Å². The fraction of sp³-hybridized carbons (Fsp3) is 0.312. The van der Waals surface area contributed by atoms with Crippen LogP contribution < -0.4 is 0 Å². The second-order valence-corrected chi connectivity index (χ2v) is 5.81. The lowest BCUT2D eigenvalue weighted by molar-refractivity contribution is -0.384. The van der Waals surface area contributed by atoms with Gasteiger partial charge in [-0.2, -0.15) is 5.10 Å². The maximum absolute atomic E-state index is 12.6. The second-order valence-electron chi connectivity index (χ2n) is 5.81. The van der Waals surface area contributed by atoms with Crippen LogP contribution >= 0.6 is 0 Å². The van der Waals surface area contributed by atoms with Crippen LogP contribution in [0.5, 0.6) is 0 Å². The van der Waals surface area contributed by atoms with Gasteiger partial charge in [0.25, 0.3) is 11.6 Å². The molecular formula is C16H16N4O5. The van der Waals surface area contributed by atoms with Crippen molar-refractivity contribution >= 4 is 17.6 Å². The number of rotatable bonds is 5. The molecule has 0 spiro atoms. The SMILES string of the molecule is O=C(O)CC1CCCN1C(=O)c1ccn(-c2cccc([N+](=O)[O-])c2)n1. The zero-order valence-electron chi connectivity index (χ0n) is 13.2. The Morgan fingerprint density at radius 2 is 2.16 bits per heavy atom. The number of likely N-dealkylation sites (tertiary alicyclic amines) is 1. The van der Waals surface area contributed by atoms with Gasteiger partial charge >= 0.3 is 5.97 Å². The van der Waals surface area contributed by atoms with Crippen molar-refractivity contribution < 1.29 is 19.6 Å². The average molecular weight is 344 g/mol. The highest BCUT2D eigenvalue weighted by atomic mass is 16.6. The van der Waals surface area contributed by atoms with Crippen LogP contribution in [0.3, 0.4) is 0 Å². The van der Waals surface area contributed by atoms with Crippen molar-refractivity contribution in [3.8, 4) is 5.69 Å². The summed E-state index contributed by atoms with van der Waals surface area (Å²) in [6, 6.07) is 7.13. The van der Waals surface area contributed by atoms with Gasteiger partial charge in [0.15, 0.2) is 5.69 Å². The smallest absolute Gasteiger partial charge is 0.305 e. The normalized spacial score (nSPS) is 16.8. The number of carbonyl (C=O) groups excluding carboxylic acids is 1. The van der Waals surface area contributed by atoms with Crippen LogP contribution in [0.1, 0.15) is 29.8 Å². The lowest BCUT2D eigenvalue weighted by Gasteiger charge is -2.22. The van der Waals surface area contributed by atoms with Crippen LogP contribution in [0.2, 0.25) is 0 Å². The van der Waals surface area contributed by atoms with Crippen molar-refractivity contribution in [2.45, 2.75) is 25.3 Å². The summed E-state index contributed by atoms with van der Waals surface area (Å²) in [5.74, 6) is -1.26. The molecule has 2 aromatic rings. The molecule has 25 heavy (non-hydrogen) atoms. The average Bonchev–Trinajstić information content (AvgIpc) is 3.23. The number of benzene rings is 1. The highest BCUT2D eigenvalue weighted by Crippen LogP contribution is 2.23. The van der Waals surface area contributed by atoms with Gasteiger partial charge < -0.3 is 10.0 Å². The number of carbonyl (C=O) groups is 2. The van der Waals surface area contributed by atoms with Gasteiger partial charge in [0.1, 0.15) is 0 Å². The minimum atomic E-state index is -0.938. The third-order valence-corrected chi connectivity index (χ3v) is 4.16. The monoisotopic (exact) mass is 344 g/mol. The molecule has 1 aliphatic heterocycles. The van der Waals surface area contributed by atoms with Gasteiger partial charge in [0, 0.05) is 30.9 Å². The molecule has 1 atom stereocenters. The summed E-state index contributed by atoms with van der Waals surface area (Å²) < 4.78 is 1.39. The Morgan fingerprint density at radius 1 is 1.36 bits per heavy atom. The van der Waals surface area contributed by atoms with E-state index in [1.165, 1.54) is 27.8 Å². The molecule has 2 heterocycles. The molecule has 1 N–H and O–H groups in total. The summed E-state index contributed by atoms with van der Waals surface area (Å²) in [6.45, 7) is 0.500. The Balaban J connectivity index is 1.81. The number of non-ortho nitro benzene ring substituents is 1. The van der Waals surface area contributed by atoms with E-state index in [0.717, 1.165) is 6.42 Å². The largest absolute Gasteiger partial charge is 0.481 e. The Morgan fingerprint density at radius 3 is 2.88 bits per heavy atom. The van der Waals surface area contributed by atoms with Crippen LogP contribution in [-0.4, -0.2) is 49.2 Å². The molecular weight excluding hydrogens is 328 g/mol. The number of amides is 1. The molecule has 1 aromatic heterocycles. The predicted molar refractivity (Wildman–Crippen MR) is 86.5 cm³/mol. The molecule has 0 saturated carbocycles. The molecule has 1 aliphatic rings. The molecule has 9 nitrogen and oxygen atoms in total. The molecule has 1 fully saturated rings. The van der Waals surface area contributed by atoms with E-state index < -0.39 is 10.9 Å². The minimum Gasteiger partial charge on any atom is -0.481 e. The van der Waals surface area contributed by atoms with E-state index in [9.17, 15) is 19.7 Å². The Hall–Kier alpha value is -3.23. The first-order chi connectivity index (χ1) is 12.0. The zero-order valence-corrected chi connectivity index (χ0v) is 13.2. The quantitative estimate of drug-likeness (QED) is 0.653. The van der Waals surface area contributed by atoms with Gasteiger partial charge in [-0.05, 0) is 25.0 Å². The van der Waals surface area contributed by atoms with Crippen molar-refractivity contribution in [3.63, 3.8) is 0 Å². The van der Waals surface area contributed by atoms with Crippen molar-refractivity contribution in [1.29, 1.82) is 0 Å². The van der Waals surface area contributed by atoms with Gasteiger partial charge in [0.2, 0.25) is 0 Å². The number of carboxylic acid groups (broad SMARTS) is 1. The number of nitro groups is 1. The molecule has 0 bridgehead atoms. The number of nitrogens with zero attached hydrogens (tertiary/aromatic N) is 4. The maximum Gasteiger partial charge on any atom is 0.305 e. The molecule has 3 rings (SSSR count). The third-order valence-electron chi connectivity index (χ3n) is 4.16. The highest BCUT2D eigenvalue weighted by molar-refractivity contribution is 5.93. The van der Waals surface area contributed by atoms with E-state index in [4.69, 9.17) is 5.11 Å². The molecule has 1 aromatic carbocycles. The first-order valence-corrected chi connectivity index (χ1v) is 7.79.